The quantitative estimate of drug-likeness (QED) is 0.377. The molecule has 130 valence electrons. The smallest absolute Gasteiger partial charge is 0.222 e. The average Bonchev–Trinajstić information content (AvgIpc) is 2.96. The van der Waals surface area contributed by atoms with Gasteiger partial charge in [0, 0.05) is 17.3 Å². The second-order valence-electron chi connectivity index (χ2n) is 6.11. The van der Waals surface area contributed by atoms with Crippen LogP contribution in [-0.2, 0) is 6.54 Å². The summed E-state index contributed by atoms with van der Waals surface area (Å²) in [7, 11) is 0. The summed E-state index contributed by atoms with van der Waals surface area (Å²) in [6.07, 6.45) is 0.688. The zero-order chi connectivity index (χ0) is 17.9. The third-order valence-corrected chi connectivity index (χ3v) is 4.54. The lowest BCUT2D eigenvalue weighted by Gasteiger charge is -2.10. The van der Waals surface area contributed by atoms with Crippen molar-refractivity contribution in [2.75, 3.05) is 6.61 Å². The lowest BCUT2D eigenvalue weighted by atomic mass is 10.1. The molecule has 26 heavy (non-hydrogen) atoms. The Balaban J connectivity index is 1.49. The van der Waals surface area contributed by atoms with Gasteiger partial charge in [-0.25, -0.2) is 0 Å². The number of benzene rings is 3. The van der Waals surface area contributed by atoms with Crippen molar-refractivity contribution >= 4 is 27.4 Å². The van der Waals surface area contributed by atoms with Crippen LogP contribution in [0.3, 0.4) is 0 Å². The fourth-order valence-corrected chi connectivity index (χ4v) is 3.31. The number of para-hydroxylation sites is 1. The maximum absolute atomic E-state index is 11.0. The second-order valence-corrected chi connectivity index (χ2v) is 6.11. The zero-order valence-corrected chi connectivity index (χ0v) is 14.1. The van der Waals surface area contributed by atoms with Gasteiger partial charge in [-0.3, -0.25) is 0 Å². The van der Waals surface area contributed by atoms with Gasteiger partial charge in [-0.15, -0.1) is 4.91 Å². The highest BCUT2D eigenvalue weighted by Crippen LogP contribution is 2.38. The van der Waals surface area contributed by atoms with Crippen LogP contribution in [-0.4, -0.2) is 16.3 Å². The summed E-state index contributed by atoms with van der Waals surface area (Å²) in [5.74, 6) is 0.756. The first-order valence-electron chi connectivity index (χ1n) is 8.53. The first-order valence-corrected chi connectivity index (χ1v) is 8.53. The van der Waals surface area contributed by atoms with E-state index in [0.717, 1.165) is 22.0 Å². The molecule has 0 saturated heterocycles. The van der Waals surface area contributed by atoms with E-state index in [1.165, 1.54) is 0 Å². The molecule has 0 saturated carbocycles. The number of fused-ring (bicyclic) bond motifs is 2. The minimum atomic E-state index is -0.0913. The molecule has 0 fully saturated rings. The van der Waals surface area contributed by atoms with Gasteiger partial charge < -0.3 is 14.4 Å². The minimum absolute atomic E-state index is 0.0913. The van der Waals surface area contributed by atoms with E-state index in [4.69, 9.17) is 4.74 Å². The first-order chi connectivity index (χ1) is 12.8. The van der Waals surface area contributed by atoms with Crippen molar-refractivity contribution in [1.29, 1.82) is 0 Å². The highest BCUT2D eigenvalue weighted by Gasteiger charge is 2.16. The number of hydrogen-bond donors (Lipinski definition) is 1. The minimum Gasteiger partial charge on any atom is -0.493 e. The molecule has 5 nitrogen and oxygen atoms in total. The molecule has 1 heterocycles. The van der Waals surface area contributed by atoms with E-state index in [1.807, 2.05) is 48.5 Å². The van der Waals surface area contributed by atoms with E-state index < -0.39 is 0 Å². The number of rotatable bonds is 6. The Hall–Kier alpha value is -3.34. The molecule has 0 aliphatic carbocycles. The predicted molar refractivity (Wildman–Crippen MR) is 103 cm³/mol. The molecular formula is C21H18N2O3. The molecule has 0 amide bonds. The van der Waals surface area contributed by atoms with Crippen molar-refractivity contribution in [2.45, 2.75) is 13.0 Å². The van der Waals surface area contributed by atoms with Gasteiger partial charge in [-0.1, -0.05) is 54.6 Å². The van der Waals surface area contributed by atoms with E-state index in [-0.39, 0.29) is 11.6 Å². The average molecular weight is 346 g/mol. The third kappa shape index (κ3) is 2.77. The standard InChI is InChI=1S/C21H18N2O3/c24-21-20(22-25)17-10-3-4-11-18(17)23(21)13-6-14-26-19-12-5-8-15-7-1-2-9-16(15)19/h1-5,7-12,24H,6,13-14H2. The van der Waals surface area contributed by atoms with Crippen molar-refractivity contribution in [3.8, 4) is 11.6 Å². The highest BCUT2D eigenvalue weighted by molar-refractivity contribution is 5.95. The number of aromatic nitrogens is 1. The van der Waals surface area contributed by atoms with Crippen LogP contribution in [0.15, 0.2) is 71.9 Å². The lowest BCUT2D eigenvalue weighted by Crippen LogP contribution is -2.04. The van der Waals surface area contributed by atoms with Gasteiger partial charge in [-0.05, 0) is 29.1 Å². The molecule has 0 unspecified atom stereocenters. The summed E-state index contributed by atoms with van der Waals surface area (Å²) in [6, 6.07) is 21.4. The predicted octanol–water partition coefficient (Wildman–Crippen LogP) is 5.37. The molecule has 3 aromatic carbocycles. The SMILES string of the molecule is O=Nc1c(O)n(CCCOc2cccc3ccccc23)c2ccccc12. The van der Waals surface area contributed by atoms with Gasteiger partial charge in [0.25, 0.3) is 0 Å². The summed E-state index contributed by atoms with van der Waals surface area (Å²) < 4.78 is 7.65. The summed E-state index contributed by atoms with van der Waals surface area (Å²) in [4.78, 5) is 11.0. The van der Waals surface area contributed by atoms with E-state index in [0.29, 0.717) is 25.0 Å². The normalized spacial score (nSPS) is 11.1. The Bertz CT molecular complexity index is 1080. The second kappa shape index (κ2) is 6.88. The maximum Gasteiger partial charge on any atom is 0.222 e. The Morgan fingerprint density at radius 3 is 2.50 bits per heavy atom. The van der Waals surface area contributed by atoms with Crippen molar-refractivity contribution in [2.24, 2.45) is 5.18 Å². The van der Waals surface area contributed by atoms with Crippen molar-refractivity contribution in [1.82, 2.24) is 4.57 Å². The zero-order valence-electron chi connectivity index (χ0n) is 14.1. The largest absolute Gasteiger partial charge is 0.493 e. The van der Waals surface area contributed by atoms with Crippen LogP contribution < -0.4 is 4.74 Å². The number of hydrogen-bond acceptors (Lipinski definition) is 4. The fourth-order valence-electron chi connectivity index (χ4n) is 3.31. The van der Waals surface area contributed by atoms with Gasteiger partial charge in [-0.2, -0.15) is 0 Å². The number of aryl methyl sites for hydroxylation is 1. The van der Waals surface area contributed by atoms with Crippen LogP contribution in [0.5, 0.6) is 11.6 Å². The number of nitrogens with zero attached hydrogens (tertiary/aromatic N) is 2. The van der Waals surface area contributed by atoms with Crippen LogP contribution in [0.4, 0.5) is 5.69 Å². The van der Waals surface area contributed by atoms with Gasteiger partial charge in [0.1, 0.15) is 5.75 Å². The summed E-state index contributed by atoms with van der Waals surface area (Å²) in [6.45, 7) is 1.04. The van der Waals surface area contributed by atoms with Gasteiger partial charge >= 0.3 is 0 Å². The van der Waals surface area contributed by atoms with Crippen molar-refractivity contribution < 1.29 is 9.84 Å². The van der Waals surface area contributed by atoms with Crippen LogP contribution in [0, 0.1) is 4.91 Å². The van der Waals surface area contributed by atoms with Crippen LogP contribution >= 0.6 is 0 Å². The molecule has 0 bridgehead atoms. The monoisotopic (exact) mass is 346 g/mol. The van der Waals surface area contributed by atoms with Crippen LogP contribution in [0.25, 0.3) is 21.7 Å². The summed E-state index contributed by atoms with van der Waals surface area (Å²) >= 11 is 0. The van der Waals surface area contributed by atoms with Gasteiger partial charge in [0.05, 0.1) is 12.1 Å². The molecule has 4 aromatic rings. The molecule has 1 aromatic heterocycles. The maximum atomic E-state index is 11.0. The molecule has 1 N–H and O–H groups in total. The van der Waals surface area contributed by atoms with E-state index in [9.17, 15) is 10.0 Å². The Labute approximate surface area is 150 Å². The topological polar surface area (TPSA) is 63.8 Å². The fraction of sp³-hybridized carbons (Fsp3) is 0.143. The highest BCUT2D eigenvalue weighted by atomic mass is 16.5. The number of nitroso groups, excluding NO2 is 1. The Morgan fingerprint density at radius 1 is 0.923 bits per heavy atom. The van der Waals surface area contributed by atoms with Crippen molar-refractivity contribution in [3.05, 3.63) is 71.6 Å². The number of ether oxygens (including phenoxy) is 1. The van der Waals surface area contributed by atoms with E-state index in [1.54, 1.807) is 10.6 Å². The van der Waals surface area contributed by atoms with Gasteiger partial charge in [0.15, 0.2) is 5.69 Å². The molecule has 0 aliphatic heterocycles. The molecule has 0 radical (unpaired) electrons. The summed E-state index contributed by atoms with van der Waals surface area (Å²) in [5, 5.41) is 16.2. The first kappa shape index (κ1) is 16.1. The van der Waals surface area contributed by atoms with Crippen LogP contribution in [0.1, 0.15) is 6.42 Å². The van der Waals surface area contributed by atoms with E-state index >= 15 is 0 Å². The molecular weight excluding hydrogens is 328 g/mol. The molecule has 0 aliphatic rings. The van der Waals surface area contributed by atoms with Crippen molar-refractivity contribution in [3.63, 3.8) is 0 Å². The van der Waals surface area contributed by atoms with Gasteiger partial charge in [0.2, 0.25) is 5.88 Å². The van der Waals surface area contributed by atoms with E-state index in [2.05, 4.69) is 17.3 Å². The molecule has 0 spiro atoms. The molecule has 0 atom stereocenters. The van der Waals surface area contributed by atoms with Crippen LogP contribution in [0.2, 0.25) is 0 Å². The molecule has 5 heteroatoms. The third-order valence-electron chi connectivity index (χ3n) is 4.54. The summed E-state index contributed by atoms with van der Waals surface area (Å²) in [5.41, 5.74) is 0.889. The number of aromatic hydroxyl groups is 1. The Morgan fingerprint density at radius 2 is 1.65 bits per heavy atom. The lowest BCUT2D eigenvalue weighted by molar-refractivity contribution is 0.301. The molecule has 4 rings (SSSR count). The Kier molecular flexibility index (Phi) is 4.27.